The molecule has 4 aromatic rings. The predicted octanol–water partition coefficient (Wildman–Crippen LogP) is 4.70. The van der Waals surface area contributed by atoms with Gasteiger partial charge in [0, 0.05) is 32.4 Å². The minimum Gasteiger partial charge on any atom is -0.419 e. The van der Waals surface area contributed by atoms with E-state index in [0.29, 0.717) is 16.8 Å². The molecule has 2 aromatic carbocycles. The van der Waals surface area contributed by atoms with E-state index in [9.17, 15) is 0 Å². The Labute approximate surface area is 186 Å². The molecule has 2 aromatic heterocycles. The van der Waals surface area contributed by atoms with E-state index in [1.54, 1.807) is 0 Å². The van der Waals surface area contributed by atoms with Gasteiger partial charge in [0.05, 0.1) is 10.6 Å². The lowest BCUT2D eigenvalue weighted by Crippen LogP contribution is -2.48. The SMILES string of the molecule is Clc1ccccc1-c1nnc([C@@H](c2ccccc2)N2CCN(c3ccccn3)CC2)o1. The van der Waals surface area contributed by atoms with Gasteiger partial charge in [-0.3, -0.25) is 4.90 Å². The number of hydrogen-bond donors (Lipinski definition) is 0. The van der Waals surface area contributed by atoms with E-state index < -0.39 is 0 Å². The summed E-state index contributed by atoms with van der Waals surface area (Å²) in [6.07, 6.45) is 1.84. The summed E-state index contributed by atoms with van der Waals surface area (Å²) in [7, 11) is 0. The zero-order chi connectivity index (χ0) is 21.0. The molecule has 0 unspecified atom stereocenters. The number of halogens is 1. The van der Waals surface area contributed by atoms with Crippen LogP contribution in [0.5, 0.6) is 0 Å². The molecule has 156 valence electrons. The molecule has 0 N–H and O–H groups in total. The topological polar surface area (TPSA) is 58.3 Å². The van der Waals surface area contributed by atoms with E-state index in [0.717, 1.165) is 43.1 Å². The van der Waals surface area contributed by atoms with Gasteiger partial charge in [0.25, 0.3) is 0 Å². The Morgan fingerprint density at radius 3 is 2.29 bits per heavy atom. The second kappa shape index (κ2) is 8.88. The van der Waals surface area contributed by atoms with Gasteiger partial charge < -0.3 is 9.32 Å². The molecular formula is C24H22ClN5O. The van der Waals surface area contributed by atoms with Crippen LogP contribution >= 0.6 is 11.6 Å². The first kappa shape index (κ1) is 19.7. The van der Waals surface area contributed by atoms with Crippen LogP contribution in [0.1, 0.15) is 17.5 Å². The van der Waals surface area contributed by atoms with Crippen LogP contribution in [0, 0.1) is 0 Å². The molecular weight excluding hydrogens is 410 g/mol. The van der Waals surface area contributed by atoms with Crippen LogP contribution in [0.3, 0.4) is 0 Å². The number of piperazine rings is 1. The third-order valence-electron chi connectivity index (χ3n) is 5.55. The summed E-state index contributed by atoms with van der Waals surface area (Å²) in [6, 6.07) is 23.7. The van der Waals surface area contributed by atoms with Gasteiger partial charge in [0.2, 0.25) is 11.8 Å². The number of nitrogens with zero attached hydrogens (tertiary/aromatic N) is 5. The summed E-state index contributed by atoms with van der Waals surface area (Å²) < 4.78 is 6.16. The van der Waals surface area contributed by atoms with Gasteiger partial charge in [-0.2, -0.15) is 0 Å². The largest absolute Gasteiger partial charge is 0.419 e. The smallest absolute Gasteiger partial charge is 0.249 e. The Bertz CT molecular complexity index is 1130. The quantitative estimate of drug-likeness (QED) is 0.456. The van der Waals surface area contributed by atoms with Crippen molar-refractivity contribution in [3.05, 3.63) is 95.5 Å². The maximum atomic E-state index is 6.34. The first-order valence-corrected chi connectivity index (χ1v) is 10.7. The molecule has 0 spiro atoms. The van der Waals surface area contributed by atoms with Gasteiger partial charge in [0.15, 0.2) is 0 Å². The fraction of sp³-hybridized carbons (Fsp3) is 0.208. The first-order chi connectivity index (χ1) is 15.3. The molecule has 0 saturated carbocycles. The highest BCUT2D eigenvalue weighted by Crippen LogP contribution is 2.33. The van der Waals surface area contributed by atoms with E-state index >= 15 is 0 Å². The van der Waals surface area contributed by atoms with Crippen molar-refractivity contribution in [1.29, 1.82) is 0 Å². The van der Waals surface area contributed by atoms with Gasteiger partial charge in [0.1, 0.15) is 11.9 Å². The maximum absolute atomic E-state index is 6.34. The van der Waals surface area contributed by atoms with Crippen molar-refractivity contribution >= 4 is 17.4 Å². The van der Waals surface area contributed by atoms with Crippen molar-refractivity contribution in [3.8, 4) is 11.5 Å². The summed E-state index contributed by atoms with van der Waals surface area (Å²) in [6.45, 7) is 3.48. The molecule has 1 aliphatic rings. The molecule has 1 atom stereocenters. The Morgan fingerprint density at radius 2 is 1.55 bits per heavy atom. The molecule has 6 nitrogen and oxygen atoms in total. The van der Waals surface area contributed by atoms with Gasteiger partial charge >= 0.3 is 0 Å². The number of pyridine rings is 1. The minimum absolute atomic E-state index is 0.115. The minimum atomic E-state index is -0.115. The third kappa shape index (κ3) is 4.17. The zero-order valence-corrected chi connectivity index (χ0v) is 17.7. The standard InChI is InChI=1S/C24H22ClN5O/c25-20-11-5-4-10-19(20)23-27-28-24(31-23)22(18-8-2-1-3-9-18)30-16-14-29(15-17-30)21-12-6-7-13-26-21/h1-13,22H,14-17H2/t22-/m1/s1. The lowest BCUT2D eigenvalue weighted by Gasteiger charge is -2.38. The summed E-state index contributed by atoms with van der Waals surface area (Å²) in [5, 5.41) is 9.32. The monoisotopic (exact) mass is 431 g/mol. The van der Waals surface area contributed by atoms with Crippen LogP contribution in [0.25, 0.3) is 11.5 Å². The Balaban J connectivity index is 1.42. The van der Waals surface area contributed by atoms with Crippen molar-refractivity contribution in [2.45, 2.75) is 6.04 Å². The summed E-state index contributed by atoms with van der Waals surface area (Å²) >= 11 is 6.34. The summed E-state index contributed by atoms with van der Waals surface area (Å²) in [4.78, 5) is 9.18. The number of rotatable bonds is 5. The molecule has 3 heterocycles. The Kier molecular flexibility index (Phi) is 5.65. The lowest BCUT2D eigenvalue weighted by atomic mass is 10.0. The molecule has 5 rings (SSSR count). The first-order valence-electron chi connectivity index (χ1n) is 10.3. The highest BCUT2D eigenvalue weighted by Gasteiger charge is 2.31. The second-order valence-corrected chi connectivity index (χ2v) is 7.86. The molecule has 0 amide bonds. The Hall–Kier alpha value is -3.22. The van der Waals surface area contributed by atoms with E-state index in [2.05, 4.69) is 43.2 Å². The van der Waals surface area contributed by atoms with Gasteiger partial charge in [-0.15, -0.1) is 10.2 Å². The zero-order valence-electron chi connectivity index (χ0n) is 16.9. The van der Waals surface area contributed by atoms with E-state index in [1.807, 2.05) is 60.8 Å². The summed E-state index contributed by atoms with van der Waals surface area (Å²) in [5.41, 5.74) is 1.87. The van der Waals surface area contributed by atoms with Crippen molar-refractivity contribution in [2.75, 3.05) is 31.1 Å². The van der Waals surface area contributed by atoms with E-state index in [-0.39, 0.29) is 6.04 Å². The van der Waals surface area contributed by atoms with Crippen LogP contribution < -0.4 is 4.90 Å². The average molecular weight is 432 g/mol. The van der Waals surface area contributed by atoms with E-state index in [1.165, 1.54) is 0 Å². The molecule has 0 bridgehead atoms. The lowest BCUT2D eigenvalue weighted by molar-refractivity contribution is 0.187. The van der Waals surface area contributed by atoms with E-state index in [4.69, 9.17) is 16.0 Å². The van der Waals surface area contributed by atoms with Crippen LogP contribution in [-0.2, 0) is 0 Å². The molecule has 7 heteroatoms. The number of anilines is 1. The second-order valence-electron chi connectivity index (χ2n) is 7.45. The van der Waals surface area contributed by atoms with Gasteiger partial charge in [-0.25, -0.2) is 4.98 Å². The van der Waals surface area contributed by atoms with Crippen molar-refractivity contribution in [1.82, 2.24) is 20.1 Å². The third-order valence-corrected chi connectivity index (χ3v) is 5.88. The van der Waals surface area contributed by atoms with Crippen LogP contribution in [0.15, 0.2) is 83.4 Å². The summed E-state index contributed by atoms with van der Waals surface area (Å²) in [5.74, 6) is 2.03. The molecule has 1 fully saturated rings. The van der Waals surface area contributed by atoms with Gasteiger partial charge in [-0.1, -0.05) is 60.1 Å². The fourth-order valence-corrected chi connectivity index (χ4v) is 4.20. The Morgan fingerprint density at radius 1 is 0.806 bits per heavy atom. The molecule has 0 radical (unpaired) electrons. The maximum Gasteiger partial charge on any atom is 0.249 e. The highest BCUT2D eigenvalue weighted by atomic mass is 35.5. The highest BCUT2D eigenvalue weighted by molar-refractivity contribution is 6.33. The molecule has 0 aliphatic carbocycles. The number of aromatic nitrogens is 3. The van der Waals surface area contributed by atoms with Crippen LogP contribution in [0.2, 0.25) is 5.02 Å². The number of benzene rings is 2. The molecule has 1 saturated heterocycles. The van der Waals surface area contributed by atoms with Crippen molar-refractivity contribution in [3.63, 3.8) is 0 Å². The molecule has 1 aliphatic heterocycles. The van der Waals surface area contributed by atoms with Crippen LogP contribution in [0.4, 0.5) is 5.82 Å². The van der Waals surface area contributed by atoms with Crippen molar-refractivity contribution < 1.29 is 4.42 Å². The number of hydrogen-bond acceptors (Lipinski definition) is 6. The normalized spacial score (nSPS) is 15.7. The van der Waals surface area contributed by atoms with Gasteiger partial charge in [-0.05, 0) is 29.8 Å². The molecule has 31 heavy (non-hydrogen) atoms. The average Bonchev–Trinajstić information content (AvgIpc) is 3.31. The van der Waals surface area contributed by atoms with Crippen LogP contribution in [-0.4, -0.2) is 46.3 Å². The van der Waals surface area contributed by atoms with Crippen molar-refractivity contribution in [2.24, 2.45) is 0 Å². The fourth-order valence-electron chi connectivity index (χ4n) is 3.98. The predicted molar refractivity (Wildman–Crippen MR) is 121 cm³/mol.